The Morgan fingerprint density at radius 2 is 0.615 bits per heavy atom. The fraction of sp³-hybridized carbons (Fsp3) is 0. The average Bonchev–Trinajstić information content (AvgIpc) is 3.52. The van der Waals surface area contributed by atoms with E-state index < -0.39 is 0 Å². The monoisotopic (exact) mass is 488 g/mol. The number of fused-ring (bicyclic) bond motifs is 10. The highest BCUT2D eigenvalue weighted by Crippen LogP contribution is 2.29. The van der Waals surface area contributed by atoms with E-state index in [1.54, 1.807) is 0 Å². The summed E-state index contributed by atoms with van der Waals surface area (Å²) in [5, 5.41) is 0. The molecule has 0 aromatic heterocycles. The van der Waals surface area contributed by atoms with Crippen molar-refractivity contribution in [2.45, 2.75) is 0 Å². The number of rotatable bonds is 1. The van der Waals surface area contributed by atoms with E-state index in [1.807, 2.05) is 0 Å². The SMILES string of the molecule is c1ccc(B2c3ccccc3B3c4ccccc4-c4ccc5c(c43)B(c3ccccc32)c2ccccc2-5)cc1. The van der Waals surface area contributed by atoms with Crippen molar-refractivity contribution in [2.24, 2.45) is 0 Å². The summed E-state index contributed by atoms with van der Waals surface area (Å²) in [6.45, 7) is 0.569. The van der Waals surface area contributed by atoms with Crippen LogP contribution in [-0.2, 0) is 0 Å². The second-order valence-electron chi connectivity index (χ2n) is 11.1. The third kappa shape index (κ3) is 2.83. The molecule has 9 rings (SSSR count). The van der Waals surface area contributed by atoms with Gasteiger partial charge in [-0.1, -0.05) is 189 Å². The fourth-order valence-electron chi connectivity index (χ4n) is 7.92. The van der Waals surface area contributed by atoms with Crippen LogP contribution in [0.3, 0.4) is 0 Å². The molecule has 0 spiro atoms. The van der Waals surface area contributed by atoms with Crippen molar-refractivity contribution < 1.29 is 0 Å². The van der Waals surface area contributed by atoms with E-state index >= 15 is 0 Å². The highest BCUT2D eigenvalue weighted by molar-refractivity contribution is 7.14. The zero-order chi connectivity index (χ0) is 25.5. The summed E-state index contributed by atoms with van der Waals surface area (Å²) < 4.78 is 0. The summed E-state index contributed by atoms with van der Waals surface area (Å²) in [7, 11) is 0. The average molecular weight is 488 g/mol. The van der Waals surface area contributed by atoms with Crippen molar-refractivity contribution in [2.75, 3.05) is 0 Å². The Kier molecular flexibility index (Phi) is 4.40. The van der Waals surface area contributed by atoms with Gasteiger partial charge in [0.1, 0.15) is 0 Å². The summed E-state index contributed by atoms with van der Waals surface area (Å²) in [5.74, 6) is 0. The van der Waals surface area contributed by atoms with Gasteiger partial charge >= 0.3 is 0 Å². The van der Waals surface area contributed by atoms with E-state index in [2.05, 4.69) is 140 Å². The maximum atomic E-state index is 2.40. The van der Waals surface area contributed by atoms with Gasteiger partial charge in [-0.05, 0) is 22.3 Å². The lowest BCUT2D eigenvalue weighted by atomic mass is 9.29. The molecule has 0 N–H and O–H groups in total. The van der Waals surface area contributed by atoms with E-state index in [0.717, 1.165) is 0 Å². The van der Waals surface area contributed by atoms with Crippen molar-refractivity contribution in [1.82, 2.24) is 0 Å². The minimum absolute atomic E-state index is 0.153. The normalized spacial score (nSPS) is 13.5. The largest absolute Gasteiger partial charge is 0.241 e. The Bertz CT molecular complexity index is 1820. The molecule has 6 aromatic rings. The van der Waals surface area contributed by atoms with Gasteiger partial charge in [0, 0.05) is 0 Å². The van der Waals surface area contributed by atoms with Crippen molar-refractivity contribution in [1.29, 1.82) is 0 Å². The van der Waals surface area contributed by atoms with Gasteiger partial charge in [0.2, 0.25) is 20.1 Å². The Morgan fingerprint density at radius 3 is 1.08 bits per heavy atom. The van der Waals surface area contributed by atoms with E-state index in [0.29, 0.717) is 0 Å². The van der Waals surface area contributed by atoms with Crippen LogP contribution in [0, 0.1) is 0 Å². The van der Waals surface area contributed by atoms with Crippen molar-refractivity contribution in [3.05, 3.63) is 140 Å². The minimum atomic E-state index is 0.153. The first-order valence-corrected chi connectivity index (χ1v) is 14.0. The summed E-state index contributed by atoms with van der Waals surface area (Å²) in [5.41, 5.74) is 18.5. The molecule has 0 aliphatic carbocycles. The second-order valence-corrected chi connectivity index (χ2v) is 11.1. The summed E-state index contributed by atoms with van der Waals surface area (Å²) in [4.78, 5) is 0. The van der Waals surface area contributed by atoms with Crippen LogP contribution in [0.5, 0.6) is 0 Å². The quantitative estimate of drug-likeness (QED) is 0.308. The van der Waals surface area contributed by atoms with Gasteiger partial charge in [-0.15, -0.1) is 0 Å². The molecule has 0 amide bonds. The molecule has 0 radical (unpaired) electrons. The van der Waals surface area contributed by atoms with Crippen molar-refractivity contribution >= 4 is 69.3 Å². The highest BCUT2D eigenvalue weighted by atomic mass is 14.3. The topological polar surface area (TPSA) is 0 Å². The zero-order valence-electron chi connectivity index (χ0n) is 21.5. The van der Waals surface area contributed by atoms with Crippen LogP contribution in [0.2, 0.25) is 0 Å². The van der Waals surface area contributed by atoms with Crippen LogP contribution in [0.15, 0.2) is 140 Å². The molecule has 6 aromatic carbocycles. The molecular weight excluding hydrogens is 465 g/mol. The van der Waals surface area contributed by atoms with Gasteiger partial charge in [-0.25, -0.2) is 0 Å². The van der Waals surface area contributed by atoms with E-state index in [1.165, 1.54) is 71.4 Å². The Labute approximate surface area is 230 Å². The maximum Gasteiger partial charge on any atom is 0.241 e. The third-order valence-electron chi connectivity index (χ3n) is 9.36. The first-order chi connectivity index (χ1) is 19.4. The molecule has 0 saturated heterocycles. The molecule has 3 heteroatoms. The predicted octanol–water partition coefficient (Wildman–Crippen LogP) is 1.51. The highest BCUT2D eigenvalue weighted by Gasteiger charge is 2.46. The number of benzene rings is 6. The minimum Gasteiger partial charge on any atom is -0.0733 e. The van der Waals surface area contributed by atoms with Gasteiger partial charge < -0.3 is 0 Å². The smallest absolute Gasteiger partial charge is 0.0733 e. The lowest BCUT2D eigenvalue weighted by molar-refractivity contribution is 1.70. The molecule has 0 fully saturated rings. The Balaban J connectivity index is 1.50. The van der Waals surface area contributed by atoms with Crippen LogP contribution in [0.1, 0.15) is 0 Å². The summed E-state index contributed by atoms with van der Waals surface area (Å²) >= 11 is 0. The van der Waals surface area contributed by atoms with Crippen LogP contribution in [0.25, 0.3) is 22.3 Å². The Morgan fingerprint density at radius 1 is 0.256 bits per heavy atom. The molecule has 3 aliphatic rings. The second kappa shape index (κ2) is 8.01. The van der Waals surface area contributed by atoms with Gasteiger partial charge in [0.05, 0.1) is 0 Å². The van der Waals surface area contributed by atoms with Gasteiger partial charge in [0.25, 0.3) is 0 Å². The molecular formula is C36H23B3. The van der Waals surface area contributed by atoms with Crippen LogP contribution >= 0.6 is 0 Å². The summed E-state index contributed by atoms with van der Waals surface area (Å²) in [6, 6.07) is 52.6. The van der Waals surface area contributed by atoms with Crippen molar-refractivity contribution in [3.63, 3.8) is 0 Å². The third-order valence-corrected chi connectivity index (χ3v) is 9.36. The van der Waals surface area contributed by atoms with E-state index in [-0.39, 0.29) is 20.1 Å². The fourth-order valence-corrected chi connectivity index (χ4v) is 7.92. The first-order valence-electron chi connectivity index (χ1n) is 14.0. The Hall–Kier alpha value is -4.49. The predicted molar refractivity (Wildman–Crippen MR) is 171 cm³/mol. The van der Waals surface area contributed by atoms with Gasteiger partial charge in [-0.3, -0.25) is 0 Å². The molecule has 39 heavy (non-hydrogen) atoms. The van der Waals surface area contributed by atoms with Crippen molar-refractivity contribution in [3.8, 4) is 22.3 Å². The number of hydrogen-bond acceptors (Lipinski definition) is 0. The standard InChI is InChI=1S/C36H23B3/c1-2-12-24(13-3-1)37-31-18-8-10-20-33(31)38-29-16-6-4-14-25(29)27-22-23-28-26-15-5-7-17-30(26)39(36(28)35(27)38)34-21-11-9-19-32(34)37/h1-23H. The maximum absolute atomic E-state index is 2.40. The van der Waals surface area contributed by atoms with Gasteiger partial charge in [0.15, 0.2) is 0 Å². The lowest BCUT2D eigenvalue weighted by Crippen LogP contribution is -2.65. The molecule has 3 heterocycles. The van der Waals surface area contributed by atoms with E-state index in [4.69, 9.17) is 0 Å². The molecule has 0 unspecified atom stereocenters. The first kappa shape index (κ1) is 21.4. The number of hydrogen-bond donors (Lipinski definition) is 0. The molecule has 0 atom stereocenters. The molecule has 0 saturated carbocycles. The van der Waals surface area contributed by atoms with Crippen LogP contribution in [-0.4, -0.2) is 20.1 Å². The lowest BCUT2D eigenvalue weighted by Gasteiger charge is -2.23. The molecule has 3 aliphatic heterocycles. The summed E-state index contributed by atoms with van der Waals surface area (Å²) in [6.07, 6.45) is 0. The molecule has 176 valence electrons. The van der Waals surface area contributed by atoms with Crippen LogP contribution < -0.4 is 49.2 Å². The zero-order valence-corrected chi connectivity index (χ0v) is 21.5. The van der Waals surface area contributed by atoms with E-state index in [9.17, 15) is 0 Å². The van der Waals surface area contributed by atoms with Gasteiger partial charge in [-0.2, -0.15) is 0 Å². The molecule has 0 nitrogen and oxygen atoms in total. The molecule has 0 bridgehead atoms. The van der Waals surface area contributed by atoms with Crippen LogP contribution in [0.4, 0.5) is 0 Å².